The Bertz CT molecular complexity index is 899. The smallest absolute Gasteiger partial charge is 0.327 e. The summed E-state index contributed by atoms with van der Waals surface area (Å²) in [6.45, 7) is 7.25. The van der Waals surface area contributed by atoms with Crippen LogP contribution in [0.25, 0.3) is 0 Å². The van der Waals surface area contributed by atoms with Crippen LogP contribution in [0, 0.1) is 0 Å². The first-order valence-electron chi connectivity index (χ1n) is 9.94. The summed E-state index contributed by atoms with van der Waals surface area (Å²) in [6.07, 6.45) is -0.363. The molecule has 10 heteroatoms. The van der Waals surface area contributed by atoms with Crippen molar-refractivity contribution in [3.63, 3.8) is 0 Å². The van der Waals surface area contributed by atoms with Gasteiger partial charge in [0.2, 0.25) is 11.8 Å². The molecule has 3 rings (SSSR count). The fourth-order valence-electron chi connectivity index (χ4n) is 3.96. The maximum absolute atomic E-state index is 12.6. The van der Waals surface area contributed by atoms with Gasteiger partial charge in [-0.3, -0.25) is 14.4 Å². The van der Waals surface area contributed by atoms with Gasteiger partial charge in [-0.25, -0.2) is 4.79 Å². The molecule has 0 radical (unpaired) electrons. The van der Waals surface area contributed by atoms with Crippen molar-refractivity contribution in [1.29, 1.82) is 0 Å². The van der Waals surface area contributed by atoms with Gasteiger partial charge in [-0.2, -0.15) is 0 Å². The van der Waals surface area contributed by atoms with Gasteiger partial charge in [-0.05, 0) is 45.4 Å². The highest BCUT2D eigenvalue weighted by Crippen LogP contribution is 2.50. The Morgan fingerprint density at radius 3 is 2.32 bits per heavy atom. The van der Waals surface area contributed by atoms with Crippen molar-refractivity contribution < 1.29 is 34.1 Å². The van der Waals surface area contributed by atoms with Crippen molar-refractivity contribution in [2.24, 2.45) is 0 Å². The lowest BCUT2D eigenvalue weighted by Crippen LogP contribution is -2.70. The molecule has 0 bridgehead atoms. The third kappa shape index (κ3) is 4.48. The van der Waals surface area contributed by atoms with Crippen molar-refractivity contribution in [2.45, 2.75) is 68.3 Å². The number of aliphatic carboxylic acids is 2. The Hall–Kier alpha value is -2.75. The van der Waals surface area contributed by atoms with Crippen LogP contribution in [0.4, 0.5) is 0 Å². The normalized spacial score (nSPS) is 24.9. The van der Waals surface area contributed by atoms with E-state index in [9.17, 15) is 29.4 Å². The number of carbonyl (C=O) groups excluding carboxylic acids is 2. The molecule has 4 atom stereocenters. The third-order valence-corrected chi connectivity index (χ3v) is 6.90. The molecule has 1 unspecified atom stereocenters. The molecule has 2 heterocycles. The van der Waals surface area contributed by atoms with E-state index in [1.807, 2.05) is 13.8 Å². The minimum Gasteiger partial charge on any atom is -0.491 e. The lowest BCUT2D eigenvalue weighted by Gasteiger charge is -2.43. The van der Waals surface area contributed by atoms with E-state index in [2.05, 4.69) is 5.32 Å². The lowest BCUT2D eigenvalue weighted by atomic mass is 9.94. The molecule has 168 valence electrons. The first kappa shape index (κ1) is 22.9. The monoisotopic (exact) mass is 450 g/mol. The summed E-state index contributed by atoms with van der Waals surface area (Å²) in [5.41, 5.74) is 0.447. The van der Waals surface area contributed by atoms with E-state index in [0.717, 1.165) is 0 Å². The summed E-state index contributed by atoms with van der Waals surface area (Å²) in [6, 6.07) is 4.68. The summed E-state index contributed by atoms with van der Waals surface area (Å²) >= 11 is 1.32. The minimum absolute atomic E-state index is 0.0226. The highest BCUT2D eigenvalue weighted by Gasteiger charge is 2.64. The summed E-state index contributed by atoms with van der Waals surface area (Å²) < 4.78 is 4.85. The average molecular weight is 451 g/mol. The molecule has 31 heavy (non-hydrogen) atoms. The topological polar surface area (TPSA) is 133 Å². The molecular formula is C21H26N2O7S. The predicted molar refractivity (Wildman–Crippen MR) is 113 cm³/mol. The average Bonchev–Trinajstić information content (AvgIpc) is 2.92. The Morgan fingerprint density at radius 1 is 1.19 bits per heavy atom. The van der Waals surface area contributed by atoms with E-state index in [0.29, 0.717) is 11.3 Å². The number of thioether (sulfide) groups is 1. The molecule has 2 saturated heterocycles. The molecule has 1 aromatic rings. The van der Waals surface area contributed by atoms with Crippen molar-refractivity contribution in [2.75, 3.05) is 0 Å². The number of nitrogens with one attached hydrogen (secondary N) is 1. The number of hydrogen-bond donors (Lipinski definition) is 3. The molecule has 1 aromatic carbocycles. The quantitative estimate of drug-likeness (QED) is 0.509. The van der Waals surface area contributed by atoms with Gasteiger partial charge in [0.1, 0.15) is 23.2 Å². The van der Waals surface area contributed by atoms with Crippen LogP contribution < -0.4 is 10.1 Å². The van der Waals surface area contributed by atoms with Crippen molar-refractivity contribution >= 4 is 35.5 Å². The van der Waals surface area contributed by atoms with Crippen LogP contribution in [0.5, 0.6) is 5.75 Å². The van der Waals surface area contributed by atoms with Crippen molar-refractivity contribution in [1.82, 2.24) is 10.2 Å². The third-order valence-electron chi connectivity index (χ3n) is 5.33. The van der Waals surface area contributed by atoms with Crippen LogP contribution >= 0.6 is 11.8 Å². The number of hydrogen-bond acceptors (Lipinski definition) is 6. The summed E-state index contributed by atoms with van der Waals surface area (Å²) in [7, 11) is 0. The molecule has 2 fully saturated rings. The van der Waals surface area contributed by atoms with Crippen LogP contribution in [0.3, 0.4) is 0 Å². The van der Waals surface area contributed by atoms with E-state index >= 15 is 0 Å². The van der Waals surface area contributed by atoms with Gasteiger partial charge in [0.15, 0.2) is 0 Å². The largest absolute Gasteiger partial charge is 0.491 e. The first-order chi connectivity index (χ1) is 14.4. The molecule has 2 aliphatic heterocycles. The molecule has 0 aromatic heterocycles. The summed E-state index contributed by atoms with van der Waals surface area (Å²) in [5, 5.41) is 21.2. The zero-order chi connectivity index (χ0) is 23.1. The molecule has 0 spiro atoms. The summed E-state index contributed by atoms with van der Waals surface area (Å²) in [5.74, 6) is -3.78. The number of rotatable bonds is 8. The van der Waals surface area contributed by atoms with E-state index < -0.39 is 51.9 Å². The van der Waals surface area contributed by atoms with E-state index in [4.69, 9.17) is 4.74 Å². The van der Waals surface area contributed by atoms with Gasteiger partial charge >= 0.3 is 11.9 Å². The van der Waals surface area contributed by atoms with Crippen molar-refractivity contribution in [3.05, 3.63) is 29.8 Å². The Labute approximate surface area is 184 Å². The molecule has 9 nitrogen and oxygen atoms in total. The highest BCUT2D eigenvalue weighted by atomic mass is 32.2. The molecule has 2 aliphatic rings. The van der Waals surface area contributed by atoms with Gasteiger partial charge in [0, 0.05) is 11.2 Å². The second kappa shape index (κ2) is 8.41. The fraction of sp³-hybridized carbons (Fsp3) is 0.524. The number of carboxylic acid groups (broad SMARTS) is 2. The number of carbonyl (C=O) groups is 4. The molecule has 0 aliphatic carbocycles. The SMILES string of the molecule is CC(C)Oc1ccc(C(CC(=O)N[C@@H]2C(=O)N3[C@@H]2SC(C)(C)[C@@H]3C(=O)O)C(=O)O)cc1. The van der Waals surface area contributed by atoms with Crippen LogP contribution in [-0.4, -0.2) is 67.2 Å². The standard InChI is InChI=1S/C21H26N2O7S/c1-10(2)30-12-7-5-11(6-8-12)13(19(26)27)9-14(24)22-15-17(25)23-16(20(28)29)21(3,4)31-18(15)23/h5-8,10,13,15-16,18H,9H2,1-4H3,(H,22,24)(H,26,27)(H,28,29)/t13?,15-,16+,18-/m1/s1. The number of β-lactam (4-membered cyclic amide) rings is 1. The second-order valence-corrected chi connectivity index (χ2v) is 10.2. The lowest BCUT2D eigenvalue weighted by molar-refractivity contribution is -0.161. The number of nitrogens with zero attached hydrogens (tertiary/aromatic N) is 1. The zero-order valence-corrected chi connectivity index (χ0v) is 18.5. The Morgan fingerprint density at radius 2 is 1.81 bits per heavy atom. The maximum atomic E-state index is 12.6. The van der Waals surface area contributed by atoms with E-state index in [1.165, 1.54) is 16.7 Å². The minimum atomic E-state index is -1.16. The zero-order valence-electron chi connectivity index (χ0n) is 17.7. The van der Waals surface area contributed by atoms with Gasteiger partial charge < -0.3 is 25.2 Å². The van der Waals surface area contributed by atoms with Crippen molar-refractivity contribution in [3.8, 4) is 5.75 Å². The predicted octanol–water partition coefficient (Wildman–Crippen LogP) is 1.66. The molecule has 3 N–H and O–H groups in total. The van der Waals surface area contributed by atoms with Crippen LogP contribution in [-0.2, 0) is 19.2 Å². The maximum Gasteiger partial charge on any atom is 0.327 e. The van der Waals surface area contributed by atoms with Crippen LogP contribution in [0.2, 0.25) is 0 Å². The number of fused-ring (bicyclic) bond motifs is 1. The Kier molecular flexibility index (Phi) is 6.22. The van der Waals surface area contributed by atoms with Gasteiger partial charge in [0.25, 0.3) is 0 Å². The Balaban J connectivity index is 1.66. The molecular weight excluding hydrogens is 424 g/mol. The number of carboxylic acids is 2. The number of amides is 2. The second-order valence-electron chi connectivity index (χ2n) is 8.47. The fourth-order valence-corrected chi connectivity index (χ4v) is 5.59. The number of benzene rings is 1. The highest BCUT2D eigenvalue weighted by molar-refractivity contribution is 8.01. The van der Waals surface area contributed by atoms with Crippen LogP contribution in [0.1, 0.15) is 45.6 Å². The van der Waals surface area contributed by atoms with Gasteiger partial charge in [-0.1, -0.05) is 12.1 Å². The van der Waals surface area contributed by atoms with Crippen LogP contribution in [0.15, 0.2) is 24.3 Å². The number of ether oxygens (including phenoxy) is 1. The molecule has 2 amide bonds. The van der Waals surface area contributed by atoms with E-state index in [-0.39, 0.29) is 12.5 Å². The van der Waals surface area contributed by atoms with Gasteiger partial charge in [0.05, 0.1) is 12.0 Å². The van der Waals surface area contributed by atoms with E-state index in [1.54, 1.807) is 38.1 Å². The first-order valence-corrected chi connectivity index (χ1v) is 10.8. The van der Waals surface area contributed by atoms with Gasteiger partial charge in [-0.15, -0.1) is 11.8 Å². The molecule has 0 saturated carbocycles. The summed E-state index contributed by atoms with van der Waals surface area (Å²) in [4.78, 5) is 49.7.